The fraction of sp³-hybridized carbons (Fsp3) is 0.381. The molecule has 0 radical (unpaired) electrons. The second-order valence-corrected chi connectivity index (χ2v) is 6.81. The fourth-order valence-electron chi connectivity index (χ4n) is 3.52. The Morgan fingerprint density at radius 3 is 2.75 bits per heavy atom. The summed E-state index contributed by atoms with van der Waals surface area (Å²) in [5.74, 6) is 0.104. The number of fused-ring (bicyclic) bond motifs is 1. The van der Waals surface area contributed by atoms with Gasteiger partial charge in [0, 0.05) is 6.54 Å². The van der Waals surface area contributed by atoms with E-state index in [-0.39, 0.29) is 11.9 Å². The van der Waals surface area contributed by atoms with Gasteiger partial charge in [0.05, 0.1) is 12.6 Å². The van der Waals surface area contributed by atoms with Crippen molar-refractivity contribution < 1.29 is 4.79 Å². The molecule has 3 rings (SSSR count). The summed E-state index contributed by atoms with van der Waals surface area (Å²) < 4.78 is 0. The topological polar surface area (TPSA) is 32.3 Å². The third-order valence-electron chi connectivity index (χ3n) is 4.82. The third kappa shape index (κ3) is 4.04. The van der Waals surface area contributed by atoms with E-state index in [0.717, 1.165) is 25.8 Å². The van der Waals surface area contributed by atoms with Gasteiger partial charge in [-0.3, -0.25) is 9.69 Å². The first kappa shape index (κ1) is 16.7. The maximum Gasteiger partial charge on any atom is 0.234 e. The van der Waals surface area contributed by atoms with Crippen LogP contribution in [0.25, 0.3) is 0 Å². The van der Waals surface area contributed by atoms with Gasteiger partial charge in [0.2, 0.25) is 5.91 Å². The zero-order chi connectivity index (χ0) is 16.9. The van der Waals surface area contributed by atoms with Gasteiger partial charge < -0.3 is 5.32 Å². The Balaban J connectivity index is 1.57. The lowest BCUT2D eigenvalue weighted by atomic mass is 9.88. The van der Waals surface area contributed by atoms with Gasteiger partial charge in [-0.1, -0.05) is 48.5 Å². The lowest BCUT2D eigenvalue weighted by molar-refractivity contribution is -0.122. The van der Waals surface area contributed by atoms with Crippen LogP contribution in [0.3, 0.4) is 0 Å². The van der Waals surface area contributed by atoms with E-state index in [1.165, 1.54) is 22.3 Å². The molecule has 24 heavy (non-hydrogen) atoms. The van der Waals surface area contributed by atoms with Crippen LogP contribution < -0.4 is 5.32 Å². The SMILES string of the molecule is Cc1ccccc1CN(C)CC(=O)NC1CCCc2ccccc21. The summed E-state index contributed by atoms with van der Waals surface area (Å²) in [6.45, 7) is 3.33. The van der Waals surface area contributed by atoms with E-state index < -0.39 is 0 Å². The first-order valence-corrected chi connectivity index (χ1v) is 8.73. The smallest absolute Gasteiger partial charge is 0.234 e. The fourth-order valence-corrected chi connectivity index (χ4v) is 3.52. The molecule has 0 fully saturated rings. The van der Waals surface area contributed by atoms with Crippen molar-refractivity contribution in [2.24, 2.45) is 0 Å². The van der Waals surface area contributed by atoms with Crippen molar-refractivity contribution in [3.63, 3.8) is 0 Å². The van der Waals surface area contributed by atoms with Gasteiger partial charge in [-0.15, -0.1) is 0 Å². The number of hydrogen-bond donors (Lipinski definition) is 1. The van der Waals surface area contributed by atoms with Crippen LogP contribution in [-0.4, -0.2) is 24.4 Å². The van der Waals surface area contributed by atoms with Gasteiger partial charge in [-0.2, -0.15) is 0 Å². The number of likely N-dealkylation sites (N-methyl/N-ethyl adjacent to an activating group) is 1. The van der Waals surface area contributed by atoms with Gasteiger partial charge in [-0.25, -0.2) is 0 Å². The number of carbonyl (C=O) groups is 1. The molecule has 0 heterocycles. The maximum absolute atomic E-state index is 12.5. The van der Waals surface area contributed by atoms with E-state index in [1.54, 1.807) is 0 Å². The summed E-state index contributed by atoms with van der Waals surface area (Å²) in [6, 6.07) is 17.0. The van der Waals surface area contributed by atoms with Gasteiger partial charge in [0.15, 0.2) is 0 Å². The van der Waals surface area contributed by atoms with Crippen LogP contribution in [0, 0.1) is 6.92 Å². The van der Waals surface area contributed by atoms with Crippen LogP contribution in [0.1, 0.15) is 41.1 Å². The average molecular weight is 322 g/mol. The van der Waals surface area contributed by atoms with Gasteiger partial charge in [0.25, 0.3) is 0 Å². The second kappa shape index (κ2) is 7.63. The highest BCUT2D eigenvalue weighted by atomic mass is 16.2. The normalized spacial score (nSPS) is 16.7. The van der Waals surface area contributed by atoms with Crippen LogP contribution in [0.5, 0.6) is 0 Å². The molecule has 0 aliphatic heterocycles. The number of hydrogen-bond acceptors (Lipinski definition) is 2. The lowest BCUT2D eigenvalue weighted by Crippen LogP contribution is -2.38. The van der Waals surface area contributed by atoms with E-state index in [4.69, 9.17) is 0 Å². The number of benzene rings is 2. The monoisotopic (exact) mass is 322 g/mol. The molecule has 126 valence electrons. The predicted octanol–water partition coefficient (Wildman–Crippen LogP) is 3.62. The Morgan fingerprint density at radius 1 is 1.17 bits per heavy atom. The van der Waals surface area contributed by atoms with Gasteiger partial charge in [-0.05, 0) is 55.5 Å². The zero-order valence-electron chi connectivity index (χ0n) is 14.6. The highest BCUT2D eigenvalue weighted by Gasteiger charge is 2.21. The summed E-state index contributed by atoms with van der Waals surface area (Å²) in [7, 11) is 2.00. The molecular weight excluding hydrogens is 296 g/mol. The molecule has 1 aliphatic rings. The molecule has 0 bridgehead atoms. The number of carbonyl (C=O) groups excluding carboxylic acids is 1. The summed E-state index contributed by atoms with van der Waals surface area (Å²) in [5, 5.41) is 3.23. The molecule has 3 nitrogen and oxygen atoms in total. The number of amides is 1. The molecule has 1 aliphatic carbocycles. The molecule has 0 spiro atoms. The highest BCUT2D eigenvalue weighted by Crippen LogP contribution is 2.29. The van der Waals surface area contributed by atoms with Crippen molar-refractivity contribution in [2.75, 3.05) is 13.6 Å². The van der Waals surface area contributed by atoms with E-state index in [1.807, 2.05) is 13.1 Å². The van der Waals surface area contributed by atoms with Crippen LogP contribution >= 0.6 is 0 Å². The molecule has 0 saturated carbocycles. The number of nitrogens with zero attached hydrogens (tertiary/aromatic N) is 1. The molecule has 0 saturated heterocycles. The lowest BCUT2D eigenvalue weighted by Gasteiger charge is -2.27. The minimum atomic E-state index is 0.104. The van der Waals surface area contributed by atoms with Gasteiger partial charge >= 0.3 is 0 Å². The molecule has 3 heteroatoms. The number of rotatable bonds is 5. The molecule has 1 N–H and O–H groups in total. The molecule has 2 aromatic rings. The van der Waals surface area contributed by atoms with Crippen molar-refractivity contribution >= 4 is 5.91 Å². The predicted molar refractivity (Wildman–Crippen MR) is 97.8 cm³/mol. The Hall–Kier alpha value is -2.13. The van der Waals surface area contributed by atoms with Crippen molar-refractivity contribution in [3.8, 4) is 0 Å². The first-order valence-electron chi connectivity index (χ1n) is 8.73. The maximum atomic E-state index is 12.5. The van der Waals surface area contributed by atoms with Gasteiger partial charge in [0.1, 0.15) is 0 Å². The van der Waals surface area contributed by atoms with Crippen LogP contribution in [-0.2, 0) is 17.8 Å². The molecule has 1 unspecified atom stereocenters. The largest absolute Gasteiger partial charge is 0.348 e. The first-order chi connectivity index (χ1) is 11.6. The third-order valence-corrected chi connectivity index (χ3v) is 4.82. The van der Waals surface area contributed by atoms with Crippen molar-refractivity contribution in [1.29, 1.82) is 0 Å². The molecule has 1 amide bonds. The van der Waals surface area contributed by atoms with Crippen LogP contribution in [0.4, 0.5) is 0 Å². The van der Waals surface area contributed by atoms with E-state index in [9.17, 15) is 4.79 Å². The summed E-state index contributed by atoms with van der Waals surface area (Å²) in [4.78, 5) is 14.5. The van der Waals surface area contributed by atoms with E-state index in [0.29, 0.717) is 6.54 Å². The van der Waals surface area contributed by atoms with E-state index in [2.05, 4.69) is 59.6 Å². The summed E-state index contributed by atoms with van der Waals surface area (Å²) >= 11 is 0. The highest BCUT2D eigenvalue weighted by molar-refractivity contribution is 5.78. The second-order valence-electron chi connectivity index (χ2n) is 6.81. The van der Waals surface area contributed by atoms with Crippen molar-refractivity contribution in [3.05, 3.63) is 70.8 Å². The Labute approximate surface area is 144 Å². The molecular formula is C21H26N2O. The quantitative estimate of drug-likeness (QED) is 0.912. The standard InChI is InChI=1S/C21H26N2O/c1-16-8-3-4-10-18(16)14-23(2)15-21(24)22-20-13-7-11-17-9-5-6-12-19(17)20/h3-6,8-10,12,20H,7,11,13-15H2,1-2H3,(H,22,24). The zero-order valence-corrected chi connectivity index (χ0v) is 14.6. The Bertz CT molecular complexity index is 710. The van der Waals surface area contributed by atoms with E-state index >= 15 is 0 Å². The Kier molecular flexibility index (Phi) is 5.31. The average Bonchev–Trinajstić information content (AvgIpc) is 2.57. The van der Waals surface area contributed by atoms with Crippen molar-refractivity contribution in [2.45, 2.75) is 38.8 Å². The molecule has 1 atom stereocenters. The summed E-state index contributed by atoms with van der Waals surface area (Å²) in [5.41, 5.74) is 5.21. The molecule has 2 aromatic carbocycles. The van der Waals surface area contributed by atoms with Crippen LogP contribution in [0.2, 0.25) is 0 Å². The Morgan fingerprint density at radius 2 is 1.92 bits per heavy atom. The number of nitrogens with one attached hydrogen (secondary N) is 1. The minimum absolute atomic E-state index is 0.104. The summed E-state index contributed by atoms with van der Waals surface area (Å²) in [6.07, 6.45) is 3.29. The minimum Gasteiger partial charge on any atom is -0.348 e. The molecule has 0 aromatic heterocycles. The van der Waals surface area contributed by atoms with Crippen LogP contribution in [0.15, 0.2) is 48.5 Å². The number of aryl methyl sites for hydroxylation is 2. The van der Waals surface area contributed by atoms with Crippen molar-refractivity contribution in [1.82, 2.24) is 10.2 Å².